The fourth-order valence-corrected chi connectivity index (χ4v) is 3.83. The Labute approximate surface area is 128 Å². The molecule has 1 aromatic heterocycles. The van der Waals surface area contributed by atoms with E-state index in [1.807, 2.05) is 11.3 Å². The van der Waals surface area contributed by atoms with Crippen LogP contribution in [0.2, 0.25) is 0 Å². The Morgan fingerprint density at radius 1 is 1.35 bits per heavy atom. The molecule has 0 aliphatic heterocycles. The van der Waals surface area contributed by atoms with E-state index in [-0.39, 0.29) is 0 Å². The van der Waals surface area contributed by atoms with Crippen molar-refractivity contribution in [2.45, 2.75) is 59.5 Å². The van der Waals surface area contributed by atoms with Crippen LogP contribution in [0.25, 0.3) is 0 Å². The van der Waals surface area contributed by atoms with Gasteiger partial charge in [-0.15, -0.1) is 11.3 Å². The molecule has 0 atom stereocenters. The molecule has 0 unspecified atom stereocenters. The zero-order valence-corrected chi connectivity index (χ0v) is 14.2. The maximum absolute atomic E-state index is 3.51. The second-order valence-corrected chi connectivity index (χ2v) is 7.44. The second kappa shape index (κ2) is 8.16. The maximum atomic E-state index is 3.51. The summed E-state index contributed by atoms with van der Waals surface area (Å²) >= 11 is 1.97. The first-order valence-corrected chi connectivity index (χ1v) is 9.05. The van der Waals surface area contributed by atoms with Gasteiger partial charge < -0.3 is 5.32 Å². The minimum atomic E-state index is 0.972. The second-order valence-electron chi connectivity index (χ2n) is 6.10. The number of nitrogens with one attached hydrogen (secondary N) is 1. The number of aryl methyl sites for hydroxylation is 1. The lowest BCUT2D eigenvalue weighted by Gasteiger charge is -2.31. The monoisotopic (exact) mass is 294 g/mol. The zero-order chi connectivity index (χ0) is 14.4. The van der Waals surface area contributed by atoms with Crippen molar-refractivity contribution in [2.75, 3.05) is 19.6 Å². The lowest BCUT2D eigenvalue weighted by atomic mass is 9.85. The van der Waals surface area contributed by atoms with E-state index < -0.39 is 0 Å². The van der Waals surface area contributed by atoms with E-state index in [0.717, 1.165) is 25.6 Å². The molecular formula is C17H30N2S. The third kappa shape index (κ3) is 4.57. The van der Waals surface area contributed by atoms with Crippen LogP contribution in [0, 0.1) is 12.8 Å². The van der Waals surface area contributed by atoms with Gasteiger partial charge in [0, 0.05) is 29.4 Å². The predicted octanol–water partition coefficient (Wildman–Crippen LogP) is 4.18. The van der Waals surface area contributed by atoms with Gasteiger partial charge in [0.15, 0.2) is 0 Å². The van der Waals surface area contributed by atoms with Gasteiger partial charge in [-0.1, -0.05) is 20.3 Å². The summed E-state index contributed by atoms with van der Waals surface area (Å²) in [7, 11) is 0. The van der Waals surface area contributed by atoms with Gasteiger partial charge in [0.2, 0.25) is 0 Å². The minimum Gasteiger partial charge on any atom is -0.312 e. The van der Waals surface area contributed by atoms with Crippen molar-refractivity contribution >= 4 is 11.3 Å². The molecule has 1 fully saturated rings. The van der Waals surface area contributed by atoms with Gasteiger partial charge in [0.25, 0.3) is 0 Å². The molecule has 0 amide bonds. The van der Waals surface area contributed by atoms with Gasteiger partial charge in [-0.3, -0.25) is 4.90 Å². The molecule has 114 valence electrons. The predicted molar refractivity (Wildman–Crippen MR) is 89.3 cm³/mol. The summed E-state index contributed by atoms with van der Waals surface area (Å²) in [6, 6.07) is 2.42. The Hall–Kier alpha value is -0.380. The van der Waals surface area contributed by atoms with E-state index >= 15 is 0 Å². The number of thiophene rings is 1. The molecule has 2 rings (SSSR count). The summed E-state index contributed by atoms with van der Waals surface area (Å²) in [6.07, 6.45) is 5.56. The third-order valence-electron chi connectivity index (χ3n) is 4.38. The van der Waals surface area contributed by atoms with Gasteiger partial charge in [-0.25, -0.2) is 0 Å². The van der Waals surface area contributed by atoms with Crippen LogP contribution >= 0.6 is 11.3 Å². The van der Waals surface area contributed by atoms with Crippen molar-refractivity contribution in [1.29, 1.82) is 0 Å². The third-order valence-corrected chi connectivity index (χ3v) is 5.47. The van der Waals surface area contributed by atoms with Crippen LogP contribution in [0.4, 0.5) is 0 Å². The molecule has 0 spiro atoms. The fraction of sp³-hybridized carbons (Fsp3) is 0.765. The Morgan fingerprint density at radius 3 is 2.75 bits per heavy atom. The molecule has 1 aromatic rings. The molecule has 1 saturated carbocycles. The van der Waals surface area contributed by atoms with Crippen LogP contribution < -0.4 is 5.32 Å². The van der Waals surface area contributed by atoms with E-state index in [1.54, 1.807) is 5.56 Å². The Kier molecular flexibility index (Phi) is 6.53. The van der Waals surface area contributed by atoms with Gasteiger partial charge in [-0.2, -0.15) is 0 Å². The van der Waals surface area contributed by atoms with E-state index in [2.05, 4.69) is 37.1 Å². The highest BCUT2D eigenvalue weighted by Crippen LogP contribution is 2.28. The summed E-state index contributed by atoms with van der Waals surface area (Å²) in [5.74, 6) is 0.972. The molecule has 1 aliphatic rings. The summed E-state index contributed by atoms with van der Waals surface area (Å²) in [5, 5.41) is 3.51. The average molecular weight is 295 g/mol. The molecule has 1 aliphatic carbocycles. The highest BCUT2D eigenvalue weighted by molar-refractivity contribution is 7.12. The molecule has 0 aromatic carbocycles. The van der Waals surface area contributed by atoms with Crippen molar-refractivity contribution in [2.24, 2.45) is 5.92 Å². The van der Waals surface area contributed by atoms with Gasteiger partial charge in [-0.05, 0) is 56.8 Å². The largest absolute Gasteiger partial charge is 0.312 e. The van der Waals surface area contributed by atoms with Gasteiger partial charge in [0.05, 0.1) is 0 Å². The van der Waals surface area contributed by atoms with E-state index in [9.17, 15) is 0 Å². The molecule has 0 bridgehead atoms. The fourth-order valence-electron chi connectivity index (χ4n) is 2.81. The zero-order valence-electron chi connectivity index (χ0n) is 13.4. The average Bonchev–Trinajstić information content (AvgIpc) is 2.73. The number of hydrogen-bond donors (Lipinski definition) is 1. The van der Waals surface area contributed by atoms with Crippen molar-refractivity contribution in [1.82, 2.24) is 10.2 Å². The van der Waals surface area contributed by atoms with Crippen molar-refractivity contribution in [3.05, 3.63) is 21.4 Å². The van der Waals surface area contributed by atoms with Crippen LogP contribution in [-0.4, -0.2) is 24.5 Å². The van der Waals surface area contributed by atoms with Crippen molar-refractivity contribution in [3.63, 3.8) is 0 Å². The molecule has 0 saturated heterocycles. The van der Waals surface area contributed by atoms with E-state index in [4.69, 9.17) is 0 Å². The number of hydrogen-bond acceptors (Lipinski definition) is 3. The lowest BCUT2D eigenvalue weighted by molar-refractivity contribution is 0.178. The van der Waals surface area contributed by atoms with E-state index in [1.165, 1.54) is 48.5 Å². The van der Waals surface area contributed by atoms with Crippen LogP contribution in [-0.2, 0) is 13.1 Å². The Balaban J connectivity index is 1.86. The smallest absolute Gasteiger partial charge is 0.0299 e. The SMILES string of the molecule is CCCNCc1cc(CN(CC)CC2CCC2)c(C)s1. The highest BCUT2D eigenvalue weighted by Gasteiger charge is 2.20. The van der Waals surface area contributed by atoms with Crippen molar-refractivity contribution in [3.8, 4) is 0 Å². The maximum Gasteiger partial charge on any atom is 0.0299 e. The summed E-state index contributed by atoms with van der Waals surface area (Å²) in [5.41, 5.74) is 1.55. The molecule has 2 nitrogen and oxygen atoms in total. The van der Waals surface area contributed by atoms with Crippen LogP contribution in [0.15, 0.2) is 6.07 Å². The number of nitrogens with zero attached hydrogens (tertiary/aromatic N) is 1. The normalized spacial score (nSPS) is 15.8. The van der Waals surface area contributed by atoms with E-state index in [0.29, 0.717) is 0 Å². The molecule has 0 radical (unpaired) electrons. The molecule has 1 heterocycles. The summed E-state index contributed by atoms with van der Waals surface area (Å²) < 4.78 is 0. The quantitative estimate of drug-likeness (QED) is 0.687. The minimum absolute atomic E-state index is 0.972. The first kappa shape index (κ1) is 16.0. The topological polar surface area (TPSA) is 15.3 Å². The van der Waals surface area contributed by atoms with Crippen LogP contribution in [0.1, 0.15) is 54.8 Å². The Morgan fingerprint density at radius 2 is 2.15 bits per heavy atom. The standard InChI is InChI=1S/C17H30N2S/c1-4-9-18-11-17-10-16(14(3)20-17)13-19(5-2)12-15-7-6-8-15/h10,15,18H,4-9,11-13H2,1-3H3. The molecule has 1 N–H and O–H groups in total. The Bertz CT molecular complexity index is 396. The first-order valence-electron chi connectivity index (χ1n) is 8.24. The highest BCUT2D eigenvalue weighted by atomic mass is 32.1. The number of rotatable bonds is 9. The molecule has 20 heavy (non-hydrogen) atoms. The van der Waals surface area contributed by atoms with Crippen molar-refractivity contribution < 1.29 is 0 Å². The summed E-state index contributed by atoms with van der Waals surface area (Å²) in [6.45, 7) is 12.6. The summed E-state index contributed by atoms with van der Waals surface area (Å²) in [4.78, 5) is 5.62. The van der Waals surface area contributed by atoms with Crippen LogP contribution in [0.5, 0.6) is 0 Å². The first-order chi connectivity index (χ1) is 9.72. The van der Waals surface area contributed by atoms with Gasteiger partial charge >= 0.3 is 0 Å². The van der Waals surface area contributed by atoms with Crippen LogP contribution in [0.3, 0.4) is 0 Å². The van der Waals surface area contributed by atoms with Gasteiger partial charge in [0.1, 0.15) is 0 Å². The lowest BCUT2D eigenvalue weighted by Crippen LogP contribution is -2.32. The molecule has 3 heteroatoms. The molecular weight excluding hydrogens is 264 g/mol.